The predicted molar refractivity (Wildman–Crippen MR) is 238 cm³/mol. The summed E-state index contributed by atoms with van der Waals surface area (Å²) in [6, 6.07) is 74.3. The fraction of sp³-hybridized carbons (Fsp3) is 0. The van der Waals surface area contributed by atoms with Gasteiger partial charge >= 0.3 is 0 Å². The summed E-state index contributed by atoms with van der Waals surface area (Å²) >= 11 is 0. The third kappa shape index (κ3) is 4.48. The SMILES string of the molecule is c1ccc(-c2ccc(N(c3ccc4c(ccc5ccccc54)c3)c3cc4cccc5c6cccc7ccc8cccc(c9cccc3c9c45)c8c76)cc2)cc1. The van der Waals surface area contributed by atoms with Crippen LogP contribution in [0.1, 0.15) is 0 Å². The maximum Gasteiger partial charge on any atom is 0.0546 e. The van der Waals surface area contributed by atoms with Crippen molar-refractivity contribution in [3.05, 3.63) is 200 Å². The summed E-state index contributed by atoms with van der Waals surface area (Å²) < 4.78 is 0. The normalized spacial score (nSPS) is 12.0. The topological polar surface area (TPSA) is 3.24 Å². The minimum atomic E-state index is 1.12. The van der Waals surface area contributed by atoms with Crippen molar-refractivity contribution in [3.8, 4) is 11.1 Å². The summed E-state index contributed by atoms with van der Waals surface area (Å²) in [6.45, 7) is 0. The quantitative estimate of drug-likeness (QED) is 0.166. The number of hydrogen-bond donors (Lipinski definition) is 0. The minimum absolute atomic E-state index is 1.12. The van der Waals surface area contributed by atoms with Crippen molar-refractivity contribution in [1.29, 1.82) is 0 Å². The van der Waals surface area contributed by atoms with Crippen molar-refractivity contribution in [2.75, 3.05) is 4.90 Å². The Balaban J connectivity index is 1.21. The fourth-order valence-corrected chi connectivity index (χ4v) is 9.47. The van der Waals surface area contributed by atoms with Gasteiger partial charge in [0.1, 0.15) is 0 Å². The van der Waals surface area contributed by atoms with E-state index in [0.717, 1.165) is 17.1 Å². The highest BCUT2D eigenvalue weighted by molar-refractivity contribution is 6.38. The molecule has 0 heterocycles. The van der Waals surface area contributed by atoms with Crippen molar-refractivity contribution in [2.24, 2.45) is 0 Å². The maximum absolute atomic E-state index is 2.47. The van der Waals surface area contributed by atoms with Gasteiger partial charge in [0.25, 0.3) is 0 Å². The van der Waals surface area contributed by atoms with E-state index in [4.69, 9.17) is 0 Å². The van der Waals surface area contributed by atoms with Gasteiger partial charge in [-0.05, 0) is 117 Å². The standard InChI is InChI=1S/C54H33N/c1-2-10-34(11-3-1)35-26-28-41(29-27-35)55(42-30-31-44-39(32-42)25-22-36-12-4-5-16-43(36)44)50-33-40-15-8-19-46-45-17-6-13-37-23-24-38-14-7-18-47(52(38)51(37)45)48-20-9-21-49(50)54(48)53(40)46/h1-33H. The van der Waals surface area contributed by atoms with Crippen LogP contribution < -0.4 is 4.90 Å². The second-order valence-electron chi connectivity index (χ2n) is 14.8. The van der Waals surface area contributed by atoms with Crippen LogP contribution in [0.4, 0.5) is 17.1 Å². The Labute approximate surface area is 318 Å². The number of anilines is 3. The van der Waals surface area contributed by atoms with Crippen LogP contribution in [-0.4, -0.2) is 0 Å². The van der Waals surface area contributed by atoms with Crippen molar-refractivity contribution in [1.82, 2.24) is 0 Å². The van der Waals surface area contributed by atoms with E-state index in [-0.39, 0.29) is 0 Å². The largest absolute Gasteiger partial charge is 0.310 e. The molecule has 12 rings (SSSR count). The predicted octanol–water partition coefficient (Wildman–Crippen LogP) is 15.5. The first-order chi connectivity index (χ1) is 27.3. The molecule has 1 nitrogen and oxygen atoms in total. The summed E-state index contributed by atoms with van der Waals surface area (Å²) in [6.07, 6.45) is 0. The van der Waals surface area contributed by atoms with E-state index in [2.05, 4.69) is 205 Å². The van der Waals surface area contributed by atoms with Crippen LogP contribution in [0, 0.1) is 0 Å². The third-order valence-electron chi connectivity index (χ3n) is 11.9. The molecule has 0 aliphatic heterocycles. The molecule has 0 atom stereocenters. The Bertz CT molecular complexity index is 3470. The summed E-state index contributed by atoms with van der Waals surface area (Å²) in [5, 5.41) is 20.4. The molecule has 0 saturated heterocycles. The molecular formula is C54H33N. The maximum atomic E-state index is 2.47. The molecular weight excluding hydrogens is 663 g/mol. The molecule has 0 spiro atoms. The van der Waals surface area contributed by atoms with Gasteiger partial charge in [-0.3, -0.25) is 0 Å². The molecule has 0 N–H and O–H groups in total. The fourth-order valence-electron chi connectivity index (χ4n) is 9.47. The van der Waals surface area contributed by atoms with Crippen LogP contribution in [0.3, 0.4) is 0 Å². The Kier molecular flexibility index (Phi) is 6.40. The third-order valence-corrected chi connectivity index (χ3v) is 11.9. The molecule has 0 bridgehead atoms. The molecule has 0 radical (unpaired) electrons. The zero-order chi connectivity index (χ0) is 36.0. The van der Waals surface area contributed by atoms with E-state index in [1.165, 1.54) is 97.3 Å². The lowest BCUT2D eigenvalue weighted by Crippen LogP contribution is -2.11. The lowest BCUT2D eigenvalue weighted by atomic mass is 9.87. The highest BCUT2D eigenvalue weighted by atomic mass is 15.1. The Morgan fingerprint density at radius 3 is 1.44 bits per heavy atom. The smallest absolute Gasteiger partial charge is 0.0546 e. The first-order valence-electron chi connectivity index (χ1n) is 19.1. The second kappa shape index (κ2) is 11.6. The van der Waals surface area contributed by atoms with E-state index in [1.54, 1.807) is 0 Å². The molecule has 0 saturated carbocycles. The van der Waals surface area contributed by atoms with E-state index in [1.807, 2.05) is 0 Å². The summed E-state index contributed by atoms with van der Waals surface area (Å²) in [5.74, 6) is 0. The van der Waals surface area contributed by atoms with Crippen molar-refractivity contribution in [2.45, 2.75) is 0 Å². The first kappa shape index (κ1) is 30.3. The molecule has 12 aromatic carbocycles. The van der Waals surface area contributed by atoms with E-state index >= 15 is 0 Å². The average molecular weight is 696 g/mol. The molecule has 0 aromatic heterocycles. The van der Waals surface area contributed by atoms with Crippen LogP contribution in [0.5, 0.6) is 0 Å². The second-order valence-corrected chi connectivity index (χ2v) is 14.8. The number of benzene rings is 11. The Morgan fingerprint density at radius 1 is 0.236 bits per heavy atom. The van der Waals surface area contributed by atoms with Crippen LogP contribution in [0.15, 0.2) is 200 Å². The zero-order valence-corrected chi connectivity index (χ0v) is 30.0. The number of nitrogens with zero attached hydrogens (tertiary/aromatic N) is 1. The molecule has 12 aromatic rings. The minimum Gasteiger partial charge on any atom is -0.310 e. The lowest BCUT2D eigenvalue weighted by Gasteiger charge is -2.29. The number of hydrogen-bond acceptors (Lipinski definition) is 1. The first-order valence-corrected chi connectivity index (χ1v) is 19.1. The van der Waals surface area contributed by atoms with Crippen molar-refractivity contribution >= 4 is 103 Å². The van der Waals surface area contributed by atoms with Crippen LogP contribution in [0.25, 0.3) is 97.3 Å². The van der Waals surface area contributed by atoms with Gasteiger partial charge in [0.05, 0.1) is 5.69 Å². The number of fused-ring (bicyclic) bond motifs is 5. The van der Waals surface area contributed by atoms with Crippen LogP contribution in [-0.2, 0) is 0 Å². The molecule has 0 aliphatic rings. The molecule has 1 heteroatoms. The molecule has 0 unspecified atom stereocenters. The Hall–Kier alpha value is -7.22. The van der Waals surface area contributed by atoms with Crippen molar-refractivity contribution < 1.29 is 0 Å². The highest BCUT2D eigenvalue weighted by Crippen LogP contribution is 2.48. The van der Waals surface area contributed by atoms with Gasteiger partial charge in [0.15, 0.2) is 0 Å². The lowest BCUT2D eigenvalue weighted by molar-refractivity contribution is 1.31. The van der Waals surface area contributed by atoms with Crippen molar-refractivity contribution in [3.63, 3.8) is 0 Å². The molecule has 0 fully saturated rings. The molecule has 55 heavy (non-hydrogen) atoms. The van der Waals surface area contributed by atoms with Gasteiger partial charge in [-0.2, -0.15) is 0 Å². The molecule has 0 amide bonds. The van der Waals surface area contributed by atoms with E-state index in [9.17, 15) is 0 Å². The molecule has 0 aliphatic carbocycles. The van der Waals surface area contributed by atoms with Crippen LogP contribution >= 0.6 is 0 Å². The van der Waals surface area contributed by atoms with Gasteiger partial charge in [-0.1, -0.05) is 170 Å². The van der Waals surface area contributed by atoms with Gasteiger partial charge in [0, 0.05) is 22.1 Å². The number of rotatable bonds is 4. The van der Waals surface area contributed by atoms with Gasteiger partial charge in [-0.25, -0.2) is 0 Å². The van der Waals surface area contributed by atoms with E-state index in [0.29, 0.717) is 0 Å². The van der Waals surface area contributed by atoms with Crippen LogP contribution in [0.2, 0.25) is 0 Å². The monoisotopic (exact) mass is 695 g/mol. The van der Waals surface area contributed by atoms with Gasteiger partial charge in [0.2, 0.25) is 0 Å². The summed E-state index contributed by atoms with van der Waals surface area (Å²) in [5.41, 5.74) is 5.82. The summed E-state index contributed by atoms with van der Waals surface area (Å²) in [4.78, 5) is 2.47. The molecule has 254 valence electrons. The summed E-state index contributed by atoms with van der Waals surface area (Å²) in [7, 11) is 0. The zero-order valence-electron chi connectivity index (χ0n) is 30.0. The van der Waals surface area contributed by atoms with E-state index < -0.39 is 0 Å². The Morgan fingerprint density at radius 2 is 0.709 bits per heavy atom. The average Bonchev–Trinajstić information content (AvgIpc) is 3.25. The van der Waals surface area contributed by atoms with Gasteiger partial charge in [-0.15, -0.1) is 0 Å². The van der Waals surface area contributed by atoms with Gasteiger partial charge < -0.3 is 4.90 Å². The highest BCUT2D eigenvalue weighted by Gasteiger charge is 2.22.